The van der Waals surface area contributed by atoms with E-state index in [0.717, 1.165) is 76.7 Å². The van der Waals surface area contributed by atoms with Gasteiger partial charge in [-0.05, 0) is 18.6 Å². The molecule has 2 aliphatic heterocycles. The summed E-state index contributed by atoms with van der Waals surface area (Å²) < 4.78 is 2.16. The Hall–Kier alpha value is -3.69. The van der Waals surface area contributed by atoms with E-state index in [2.05, 4.69) is 49.7 Å². The van der Waals surface area contributed by atoms with E-state index >= 15 is 0 Å². The summed E-state index contributed by atoms with van der Waals surface area (Å²) in [6, 6.07) is 14.4. The molecule has 1 saturated heterocycles. The van der Waals surface area contributed by atoms with Crippen molar-refractivity contribution in [3.63, 3.8) is 0 Å². The lowest BCUT2D eigenvalue weighted by Gasteiger charge is -2.34. The Bertz CT molecular complexity index is 1490. The normalized spacial score (nSPS) is 16.2. The zero-order chi connectivity index (χ0) is 24.6. The van der Waals surface area contributed by atoms with Crippen molar-refractivity contribution in [2.24, 2.45) is 9.98 Å². The van der Waals surface area contributed by atoms with Crippen LogP contribution in [0.15, 0.2) is 58.6 Å². The van der Waals surface area contributed by atoms with Crippen molar-refractivity contribution in [2.75, 3.05) is 32.7 Å². The molecule has 0 saturated carbocycles. The van der Waals surface area contributed by atoms with Crippen LogP contribution in [0, 0.1) is 6.92 Å². The number of nitrogens with zero attached hydrogens (tertiary/aromatic N) is 7. The van der Waals surface area contributed by atoms with Gasteiger partial charge in [-0.3, -0.25) is 19.1 Å². The maximum Gasteiger partial charge on any atom is 0.219 e. The second-order valence-corrected chi connectivity index (χ2v) is 10.1. The number of imidazole rings is 1. The molecule has 3 aromatic heterocycles. The average Bonchev–Trinajstić information content (AvgIpc) is 3.63. The molecule has 1 aromatic carbocycles. The Morgan fingerprint density at radius 1 is 1.03 bits per heavy atom. The Kier molecular flexibility index (Phi) is 5.94. The van der Waals surface area contributed by atoms with Crippen LogP contribution < -0.4 is 0 Å². The number of hydrogen-bond acceptors (Lipinski definition) is 7. The van der Waals surface area contributed by atoms with Crippen molar-refractivity contribution >= 4 is 34.9 Å². The summed E-state index contributed by atoms with van der Waals surface area (Å²) in [5, 5.41) is 0.908. The lowest BCUT2D eigenvalue weighted by atomic mass is 10.1. The average molecular weight is 498 g/mol. The zero-order valence-corrected chi connectivity index (χ0v) is 21.2. The van der Waals surface area contributed by atoms with Crippen LogP contribution in [0.2, 0.25) is 0 Å². The summed E-state index contributed by atoms with van der Waals surface area (Å²) in [5.74, 6) is 0.899. The summed E-state index contributed by atoms with van der Waals surface area (Å²) in [6.07, 6.45) is 4.02. The first-order valence-corrected chi connectivity index (χ1v) is 13.0. The Balaban J connectivity index is 1.37. The topological polar surface area (TPSA) is 78.5 Å². The monoisotopic (exact) mass is 497 g/mol. The van der Waals surface area contributed by atoms with Crippen LogP contribution in [-0.4, -0.2) is 74.8 Å². The van der Waals surface area contributed by atoms with E-state index in [-0.39, 0.29) is 5.91 Å². The number of pyridine rings is 1. The maximum atomic E-state index is 11.7. The molecule has 9 heteroatoms. The molecule has 0 atom stereocenters. The first-order valence-electron chi connectivity index (χ1n) is 12.2. The molecule has 1 fully saturated rings. The molecule has 0 radical (unpaired) electrons. The van der Waals surface area contributed by atoms with Gasteiger partial charge in [-0.2, -0.15) is 0 Å². The molecular weight excluding hydrogens is 470 g/mol. The number of carbonyl (C=O) groups excluding carboxylic acids is 1. The smallest absolute Gasteiger partial charge is 0.219 e. The summed E-state index contributed by atoms with van der Waals surface area (Å²) in [6.45, 7) is 8.45. The van der Waals surface area contributed by atoms with Crippen molar-refractivity contribution in [3.05, 3.63) is 64.8 Å². The molecule has 0 aliphatic carbocycles. The molecule has 4 aromatic rings. The van der Waals surface area contributed by atoms with Crippen molar-refractivity contribution in [3.8, 4) is 22.0 Å². The minimum Gasteiger partial charge on any atom is -0.340 e. The van der Waals surface area contributed by atoms with Crippen molar-refractivity contribution < 1.29 is 4.79 Å². The van der Waals surface area contributed by atoms with Crippen LogP contribution in [-0.2, 0) is 11.3 Å². The number of aryl methyl sites for hydroxylation is 1. The number of benzene rings is 1. The van der Waals surface area contributed by atoms with Gasteiger partial charge in [0, 0.05) is 57.6 Å². The molecule has 0 N–H and O–H groups in total. The quantitative estimate of drug-likeness (QED) is 0.419. The maximum absolute atomic E-state index is 11.7. The van der Waals surface area contributed by atoms with Crippen molar-refractivity contribution in [2.45, 2.75) is 20.4 Å². The fourth-order valence-corrected chi connectivity index (χ4v) is 5.97. The molecule has 6 rings (SSSR count). The van der Waals surface area contributed by atoms with Gasteiger partial charge in [0.05, 0.1) is 22.8 Å². The van der Waals surface area contributed by atoms with Gasteiger partial charge in [-0.25, -0.2) is 15.0 Å². The molecule has 36 heavy (non-hydrogen) atoms. The molecule has 1 amide bonds. The van der Waals surface area contributed by atoms with Gasteiger partial charge in [0.1, 0.15) is 16.3 Å². The van der Waals surface area contributed by atoms with Gasteiger partial charge in [0.25, 0.3) is 0 Å². The number of hydrogen-bond donors (Lipinski definition) is 0. The fraction of sp³-hybridized carbons (Fsp3) is 0.296. The van der Waals surface area contributed by atoms with Crippen LogP contribution >= 0.6 is 11.3 Å². The number of aromatic nitrogens is 3. The summed E-state index contributed by atoms with van der Waals surface area (Å²) in [5.41, 5.74) is 6.02. The predicted octanol–water partition coefficient (Wildman–Crippen LogP) is 3.93. The van der Waals surface area contributed by atoms with Crippen LogP contribution in [0.1, 0.15) is 23.1 Å². The van der Waals surface area contributed by atoms with E-state index in [1.54, 1.807) is 18.3 Å². The molecule has 182 valence electrons. The third-order valence-corrected chi connectivity index (χ3v) is 7.75. The van der Waals surface area contributed by atoms with E-state index in [1.807, 2.05) is 36.2 Å². The molecular formula is C27H27N7OS. The third kappa shape index (κ3) is 4.25. The standard InChI is InChI=1S/C27H27N7OS/c1-18-24(27-31-23(21-6-4-3-5-7-21)25(36-27)26-28-10-11-29-26)34-17-20(8-9-22(34)30-18)16-32-12-14-33(15-13-32)19(2)35/h3-10,17H,11-16H2,1-2H3. The van der Waals surface area contributed by atoms with Gasteiger partial charge in [-0.1, -0.05) is 36.4 Å². The Morgan fingerprint density at radius 3 is 2.56 bits per heavy atom. The van der Waals surface area contributed by atoms with E-state index in [0.29, 0.717) is 6.54 Å². The minimum absolute atomic E-state index is 0.154. The molecule has 2 aliphatic rings. The number of amidine groups is 1. The van der Waals surface area contributed by atoms with Gasteiger partial charge in [0.2, 0.25) is 5.91 Å². The van der Waals surface area contributed by atoms with Crippen LogP contribution in [0.25, 0.3) is 27.6 Å². The van der Waals surface area contributed by atoms with E-state index in [4.69, 9.17) is 9.97 Å². The van der Waals surface area contributed by atoms with E-state index in [9.17, 15) is 4.79 Å². The first kappa shape index (κ1) is 22.8. The van der Waals surface area contributed by atoms with Crippen LogP contribution in [0.4, 0.5) is 0 Å². The Labute approximate surface area is 213 Å². The van der Waals surface area contributed by atoms with Crippen LogP contribution in [0.5, 0.6) is 0 Å². The highest BCUT2D eigenvalue weighted by molar-refractivity contribution is 7.17. The first-order chi connectivity index (χ1) is 17.6. The second-order valence-electron chi connectivity index (χ2n) is 9.13. The number of piperazine rings is 1. The number of amides is 1. The zero-order valence-electron chi connectivity index (χ0n) is 20.4. The van der Waals surface area contributed by atoms with E-state index < -0.39 is 0 Å². The van der Waals surface area contributed by atoms with Gasteiger partial charge >= 0.3 is 0 Å². The van der Waals surface area contributed by atoms with Gasteiger partial charge < -0.3 is 4.90 Å². The molecule has 0 bridgehead atoms. The summed E-state index contributed by atoms with van der Waals surface area (Å²) in [7, 11) is 0. The SMILES string of the molecule is CC(=O)N1CCN(Cc2ccc3nc(C)c(-c4nc(-c5ccccc5)c(C5=NCC=N5)s4)n3c2)CC1. The highest BCUT2D eigenvalue weighted by Gasteiger charge is 2.23. The molecule has 0 spiro atoms. The van der Waals surface area contributed by atoms with Crippen molar-refractivity contribution in [1.29, 1.82) is 0 Å². The Morgan fingerprint density at radius 2 is 1.83 bits per heavy atom. The second kappa shape index (κ2) is 9.40. The number of aliphatic imine (C=N–C) groups is 2. The number of thiazole rings is 1. The number of carbonyl (C=O) groups is 1. The summed E-state index contributed by atoms with van der Waals surface area (Å²) in [4.78, 5) is 36.0. The minimum atomic E-state index is 0.154. The lowest BCUT2D eigenvalue weighted by molar-refractivity contribution is -0.130. The van der Waals surface area contributed by atoms with Crippen molar-refractivity contribution in [1.82, 2.24) is 24.2 Å². The highest BCUT2D eigenvalue weighted by Crippen LogP contribution is 2.36. The predicted molar refractivity (Wildman–Crippen MR) is 144 cm³/mol. The van der Waals surface area contributed by atoms with Crippen LogP contribution in [0.3, 0.4) is 0 Å². The molecule has 5 heterocycles. The largest absolute Gasteiger partial charge is 0.340 e. The fourth-order valence-electron chi connectivity index (χ4n) is 4.83. The molecule has 8 nitrogen and oxygen atoms in total. The number of fused-ring (bicyclic) bond motifs is 1. The van der Waals surface area contributed by atoms with Gasteiger partial charge in [0.15, 0.2) is 5.84 Å². The highest BCUT2D eigenvalue weighted by atomic mass is 32.1. The molecule has 0 unspecified atom stereocenters. The lowest BCUT2D eigenvalue weighted by Crippen LogP contribution is -2.47. The van der Waals surface area contributed by atoms with Gasteiger partial charge in [-0.15, -0.1) is 11.3 Å². The number of rotatable bonds is 5. The third-order valence-electron chi connectivity index (χ3n) is 6.69. The summed E-state index contributed by atoms with van der Waals surface area (Å²) >= 11 is 1.62. The van der Waals surface area contributed by atoms with E-state index in [1.165, 1.54) is 5.56 Å².